The summed E-state index contributed by atoms with van der Waals surface area (Å²) < 4.78 is 5.04. The molecule has 4 heteroatoms. The number of methoxy groups -OCH3 is 1. The van der Waals surface area contributed by atoms with Gasteiger partial charge in [0.25, 0.3) is 0 Å². The fourth-order valence-corrected chi connectivity index (χ4v) is 1.22. The topological polar surface area (TPSA) is 50.8 Å². The van der Waals surface area contributed by atoms with Gasteiger partial charge in [0.05, 0.1) is 6.61 Å². The molecule has 0 radical (unpaired) electrons. The maximum atomic E-state index is 5.87. The molecule has 0 aromatic heterocycles. The van der Waals surface area contributed by atoms with Crippen molar-refractivity contribution in [1.82, 2.24) is 4.90 Å². The summed E-state index contributed by atoms with van der Waals surface area (Å²) in [4.78, 5) is 6.30. The average Bonchev–Trinajstić information content (AvgIpc) is 2.18. The van der Waals surface area contributed by atoms with E-state index in [-0.39, 0.29) is 0 Å². The molecule has 0 rings (SSSR count). The standard InChI is InChI=1S/C10H23N3O/c1-5-9(3)13(7-8-14-4)10(11)12-6-2/h9H,5-8H2,1-4H3,(H2,11,12). The van der Waals surface area contributed by atoms with Crippen LogP contribution in [0.15, 0.2) is 4.99 Å². The lowest BCUT2D eigenvalue weighted by atomic mass is 10.2. The molecule has 0 aliphatic heterocycles. The van der Waals surface area contributed by atoms with Crippen LogP contribution in [-0.4, -0.2) is 43.7 Å². The number of hydrogen-bond donors (Lipinski definition) is 1. The van der Waals surface area contributed by atoms with Crippen LogP contribution < -0.4 is 5.73 Å². The van der Waals surface area contributed by atoms with Gasteiger partial charge in [-0.1, -0.05) is 6.92 Å². The molecule has 0 aliphatic rings. The van der Waals surface area contributed by atoms with E-state index in [2.05, 4.69) is 23.7 Å². The monoisotopic (exact) mass is 201 g/mol. The van der Waals surface area contributed by atoms with Crippen LogP contribution in [0.2, 0.25) is 0 Å². The van der Waals surface area contributed by atoms with Gasteiger partial charge in [-0.15, -0.1) is 0 Å². The summed E-state index contributed by atoms with van der Waals surface area (Å²) >= 11 is 0. The third kappa shape index (κ3) is 4.46. The summed E-state index contributed by atoms with van der Waals surface area (Å²) in [5, 5.41) is 0. The maximum Gasteiger partial charge on any atom is 0.191 e. The van der Waals surface area contributed by atoms with Crippen LogP contribution in [0.25, 0.3) is 0 Å². The normalized spacial score (nSPS) is 14.1. The first-order chi connectivity index (χ1) is 6.67. The summed E-state index contributed by atoms with van der Waals surface area (Å²) in [6.45, 7) is 8.49. The van der Waals surface area contributed by atoms with E-state index in [1.54, 1.807) is 7.11 Å². The quantitative estimate of drug-likeness (QED) is 0.516. The Bertz CT molecular complexity index is 171. The zero-order valence-electron chi connectivity index (χ0n) is 9.79. The van der Waals surface area contributed by atoms with Crippen LogP contribution in [0.1, 0.15) is 27.2 Å². The number of guanidine groups is 1. The fraction of sp³-hybridized carbons (Fsp3) is 0.900. The summed E-state index contributed by atoms with van der Waals surface area (Å²) in [6.07, 6.45) is 1.06. The molecule has 0 aromatic rings. The second kappa shape index (κ2) is 7.62. The summed E-state index contributed by atoms with van der Waals surface area (Å²) in [7, 11) is 1.70. The third-order valence-electron chi connectivity index (χ3n) is 2.27. The molecule has 0 bridgehead atoms. The number of rotatable bonds is 6. The molecule has 1 atom stereocenters. The van der Waals surface area contributed by atoms with Crippen LogP contribution in [0, 0.1) is 0 Å². The highest BCUT2D eigenvalue weighted by atomic mass is 16.5. The smallest absolute Gasteiger partial charge is 0.191 e. The summed E-state index contributed by atoms with van der Waals surface area (Å²) in [5.41, 5.74) is 5.87. The molecular weight excluding hydrogens is 178 g/mol. The van der Waals surface area contributed by atoms with Gasteiger partial charge in [-0.3, -0.25) is 4.99 Å². The van der Waals surface area contributed by atoms with E-state index >= 15 is 0 Å². The first kappa shape index (κ1) is 13.2. The number of nitrogens with two attached hydrogens (primary N) is 1. The van der Waals surface area contributed by atoms with E-state index < -0.39 is 0 Å². The lowest BCUT2D eigenvalue weighted by Gasteiger charge is -2.29. The molecule has 0 spiro atoms. The Labute approximate surface area is 87.1 Å². The van der Waals surface area contributed by atoms with Gasteiger partial charge in [0.15, 0.2) is 5.96 Å². The average molecular weight is 201 g/mol. The van der Waals surface area contributed by atoms with Crippen LogP contribution in [0.5, 0.6) is 0 Å². The van der Waals surface area contributed by atoms with E-state index in [0.29, 0.717) is 18.6 Å². The van der Waals surface area contributed by atoms with Gasteiger partial charge in [-0.05, 0) is 20.3 Å². The molecule has 2 N–H and O–H groups in total. The Balaban J connectivity index is 4.29. The number of ether oxygens (including phenoxy) is 1. The minimum atomic E-state index is 0.417. The van der Waals surface area contributed by atoms with Crippen molar-refractivity contribution in [3.05, 3.63) is 0 Å². The van der Waals surface area contributed by atoms with E-state index in [9.17, 15) is 0 Å². The first-order valence-electron chi connectivity index (χ1n) is 5.22. The van der Waals surface area contributed by atoms with Crippen LogP contribution >= 0.6 is 0 Å². The number of aliphatic imine (C=N–C) groups is 1. The van der Waals surface area contributed by atoms with Gasteiger partial charge in [0.1, 0.15) is 0 Å². The molecule has 0 heterocycles. The zero-order chi connectivity index (χ0) is 11.0. The molecule has 4 nitrogen and oxygen atoms in total. The number of hydrogen-bond acceptors (Lipinski definition) is 2. The molecule has 0 fully saturated rings. The van der Waals surface area contributed by atoms with Crippen molar-refractivity contribution in [3.8, 4) is 0 Å². The fourth-order valence-electron chi connectivity index (χ4n) is 1.22. The Morgan fingerprint density at radius 1 is 1.50 bits per heavy atom. The van der Waals surface area contributed by atoms with E-state index in [4.69, 9.17) is 10.5 Å². The van der Waals surface area contributed by atoms with Gasteiger partial charge < -0.3 is 15.4 Å². The van der Waals surface area contributed by atoms with Gasteiger partial charge in [-0.25, -0.2) is 0 Å². The number of nitrogens with zero attached hydrogens (tertiary/aromatic N) is 2. The third-order valence-corrected chi connectivity index (χ3v) is 2.27. The Kier molecular flexibility index (Phi) is 7.20. The Morgan fingerprint density at radius 2 is 2.14 bits per heavy atom. The van der Waals surface area contributed by atoms with Crippen molar-refractivity contribution in [2.24, 2.45) is 10.7 Å². The van der Waals surface area contributed by atoms with Crippen LogP contribution in [-0.2, 0) is 4.74 Å². The highest BCUT2D eigenvalue weighted by molar-refractivity contribution is 5.78. The van der Waals surface area contributed by atoms with Gasteiger partial charge in [0, 0.05) is 26.2 Å². The molecule has 0 aliphatic carbocycles. The largest absolute Gasteiger partial charge is 0.383 e. The van der Waals surface area contributed by atoms with Crippen molar-refractivity contribution in [3.63, 3.8) is 0 Å². The zero-order valence-corrected chi connectivity index (χ0v) is 9.79. The molecule has 84 valence electrons. The molecule has 0 saturated carbocycles. The Hall–Kier alpha value is -0.770. The highest BCUT2D eigenvalue weighted by Gasteiger charge is 2.13. The molecule has 0 saturated heterocycles. The van der Waals surface area contributed by atoms with Crippen molar-refractivity contribution in [1.29, 1.82) is 0 Å². The Morgan fingerprint density at radius 3 is 2.57 bits per heavy atom. The summed E-state index contributed by atoms with van der Waals surface area (Å²) in [5.74, 6) is 0.624. The first-order valence-corrected chi connectivity index (χ1v) is 5.22. The van der Waals surface area contributed by atoms with Gasteiger partial charge in [-0.2, -0.15) is 0 Å². The SMILES string of the molecule is CCN=C(N)N(CCOC)C(C)CC. The van der Waals surface area contributed by atoms with Crippen molar-refractivity contribution < 1.29 is 4.74 Å². The minimum absolute atomic E-state index is 0.417. The molecule has 0 aromatic carbocycles. The lowest BCUT2D eigenvalue weighted by Crippen LogP contribution is -2.45. The lowest BCUT2D eigenvalue weighted by molar-refractivity contribution is 0.162. The van der Waals surface area contributed by atoms with Gasteiger partial charge in [0.2, 0.25) is 0 Å². The van der Waals surface area contributed by atoms with E-state index in [1.165, 1.54) is 0 Å². The minimum Gasteiger partial charge on any atom is -0.383 e. The summed E-state index contributed by atoms with van der Waals surface area (Å²) in [6, 6.07) is 0.417. The predicted molar refractivity (Wildman–Crippen MR) is 60.5 cm³/mol. The molecule has 14 heavy (non-hydrogen) atoms. The van der Waals surface area contributed by atoms with Crippen molar-refractivity contribution in [2.75, 3.05) is 26.8 Å². The second-order valence-corrected chi connectivity index (χ2v) is 3.28. The van der Waals surface area contributed by atoms with Crippen molar-refractivity contribution in [2.45, 2.75) is 33.2 Å². The molecule has 1 unspecified atom stereocenters. The van der Waals surface area contributed by atoms with Gasteiger partial charge >= 0.3 is 0 Å². The second-order valence-electron chi connectivity index (χ2n) is 3.28. The maximum absolute atomic E-state index is 5.87. The van der Waals surface area contributed by atoms with E-state index in [1.807, 2.05) is 6.92 Å². The molecular formula is C10H23N3O. The molecule has 0 amide bonds. The van der Waals surface area contributed by atoms with Crippen LogP contribution in [0.3, 0.4) is 0 Å². The highest BCUT2D eigenvalue weighted by Crippen LogP contribution is 2.02. The van der Waals surface area contributed by atoms with Crippen molar-refractivity contribution >= 4 is 5.96 Å². The van der Waals surface area contributed by atoms with E-state index in [0.717, 1.165) is 19.5 Å². The predicted octanol–water partition coefficient (Wildman–Crippen LogP) is 1.07. The van der Waals surface area contributed by atoms with Crippen LogP contribution in [0.4, 0.5) is 0 Å².